The molecule has 0 atom stereocenters. The van der Waals surface area contributed by atoms with E-state index in [4.69, 9.17) is 0 Å². The third-order valence-corrected chi connectivity index (χ3v) is 2.56. The first-order chi connectivity index (χ1) is 6.65. The Kier molecular flexibility index (Phi) is 3.89. The molecular formula is C11H18N2O. The standard InChI is InChI=1S/C11H18N2O/c1-10(2)12(3)7-8-13-6-4-5-11(13)9-14/h4-6,9-10H,7-8H2,1-3H3. The topological polar surface area (TPSA) is 25.2 Å². The molecule has 1 heterocycles. The zero-order valence-electron chi connectivity index (χ0n) is 9.10. The average molecular weight is 194 g/mol. The Morgan fingerprint density at radius 2 is 2.29 bits per heavy atom. The van der Waals surface area contributed by atoms with Crippen molar-refractivity contribution in [2.24, 2.45) is 0 Å². The second kappa shape index (κ2) is 4.96. The third-order valence-electron chi connectivity index (χ3n) is 2.56. The number of aromatic nitrogens is 1. The van der Waals surface area contributed by atoms with Gasteiger partial charge in [-0.3, -0.25) is 4.79 Å². The van der Waals surface area contributed by atoms with Crippen LogP contribution in [0.15, 0.2) is 18.3 Å². The van der Waals surface area contributed by atoms with Crippen LogP contribution in [0.25, 0.3) is 0 Å². The van der Waals surface area contributed by atoms with Gasteiger partial charge in [0.05, 0.1) is 5.69 Å². The average Bonchev–Trinajstić information content (AvgIpc) is 2.60. The van der Waals surface area contributed by atoms with Crippen LogP contribution in [-0.2, 0) is 6.54 Å². The molecule has 0 N–H and O–H groups in total. The lowest BCUT2D eigenvalue weighted by Gasteiger charge is -2.21. The summed E-state index contributed by atoms with van der Waals surface area (Å²) in [6.45, 7) is 6.16. The monoisotopic (exact) mass is 194 g/mol. The highest BCUT2D eigenvalue weighted by Crippen LogP contribution is 2.00. The van der Waals surface area contributed by atoms with Gasteiger partial charge >= 0.3 is 0 Å². The molecule has 0 fully saturated rings. The minimum atomic E-state index is 0.547. The van der Waals surface area contributed by atoms with Gasteiger partial charge in [-0.1, -0.05) is 0 Å². The van der Waals surface area contributed by atoms with Gasteiger partial charge in [-0.25, -0.2) is 0 Å². The summed E-state index contributed by atoms with van der Waals surface area (Å²) >= 11 is 0. The molecule has 1 rings (SSSR count). The number of aldehydes is 1. The van der Waals surface area contributed by atoms with Gasteiger partial charge in [0.2, 0.25) is 0 Å². The van der Waals surface area contributed by atoms with Gasteiger partial charge in [-0.05, 0) is 33.0 Å². The van der Waals surface area contributed by atoms with Crippen LogP contribution >= 0.6 is 0 Å². The first kappa shape index (κ1) is 11.0. The molecule has 3 nitrogen and oxygen atoms in total. The molecule has 0 spiro atoms. The van der Waals surface area contributed by atoms with Crippen LogP contribution in [0.1, 0.15) is 24.3 Å². The van der Waals surface area contributed by atoms with Crippen molar-refractivity contribution >= 4 is 6.29 Å². The number of hydrogen-bond donors (Lipinski definition) is 0. The Morgan fingerprint density at radius 3 is 2.86 bits per heavy atom. The third kappa shape index (κ3) is 2.70. The van der Waals surface area contributed by atoms with E-state index in [1.165, 1.54) is 0 Å². The molecule has 0 unspecified atom stereocenters. The molecule has 0 aliphatic rings. The van der Waals surface area contributed by atoms with Crippen LogP contribution in [0, 0.1) is 0 Å². The van der Waals surface area contributed by atoms with Crippen LogP contribution in [0.4, 0.5) is 0 Å². The predicted molar refractivity (Wildman–Crippen MR) is 57.6 cm³/mol. The minimum absolute atomic E-state index is 0.547. The number of carbonyl (C=O) groups is 1. The number of hydrogen-bond acceptors (Lipinski definition) is 2. The van der Waals surface area contributed by atoms with Gasteiger partial charge in [0.1, 0.15) is 0 Å². The van der Waals surface area contributed by atoms with Gasteiger partial charge in [-0.2, -0.15) is 0 Å². The van der Waals surface area contributed by atoms with E-state index in [1.807, 2.05) is 22.9 Å². The first-order valence-corrected chi connectivity index (χ1v) is 4.95. The Morgan fingerprint density at radius 1 is 1.57 bits per heavy atom. The molecule has 0 radical (unpaired) electrons. The lowest BCUT2D eigenvalue weighted by molar-refractivity contribution is 0.111. The molecule has 0 amide bonds. The van der Waals surface area contributed by atoms with Crippen molar-refractivity contribution in [1.29, 1.82) is 0 Å². The molecule has 1 aromatic heterocycles. The summed E-state index contributed by atoms with van der Waals surface area (Å²) < 4.78 is 1.98. The number of rotatable bonds is 5. The maximum atomic E-state index is 10.6. The van der Waals surface area contributed by atoms with Crippen molar-refractivity contribution in [1.82, 2.24) is 9.47 Å². The summed E-state index contributed by atoms with van der Waals surface area (Å²) in [6.07, 6.45) is 2.84. The SMILES string of the molecule is CC(C)N(C)CCn1cccc1C=O. The zero-order chi connectivity index (χ0) is 10.6. The van der Waals surface area contributed by atoms with Crippen molar-refractivity contribution in [3.8, 4) is 0 Å². The summed E-state index contributed by atoms with van der Waals surface area (Å²) in [5.74, 6) is 0. The van der Waals surface area contributed by atoms with Crippen LogP contribution in [0.2, 0.25) is 0 Å². The first-order valence-electron chi connectivity index (χ1n) is 4.95. The summed E-state index contributed by atoms with van der Waals surface area (Å²) in [5, 5.41) is 0. The van der Waals surface area contributed by atoms with E-state index in [9.17, 15) is 4.79 Å². The zero-order valence-corrected chi connectivity index (χ0v) is 9.10. The van der Waals surface area contributed by atoms with Crippen LogP contribution in [0.3, 0.4) is 0 Å². The molecule has 1 aromatic rings. The maximum absolute atomic E-state index is 10.6. The molecule has 78 valence electrons. The van der Waals surface area contributed by atoms with Crippen molar-refractivity contribution in [3.63, 3.8) is 0 Å². The quantitative estimate of drug-likeness (QED) is 0.666. The molecule has 0 aromatic carbocycles. The predicted octanol–water partition coefficient (Wildman–Crippen LogP) is 1.64. The van der Waals surface area contributed by atoms with Crippen molar-refractivity contribution in [2.75, 3.05) is 13.6 Å². The van der Waals surface area contributed by atoms with Crippen LogP contribution in [-0.4, -0.2) is 35.4 Å². The summed E-state index contributed by atoms with van der Waals surface area (Å²) in [7, 11) is 2.09. The number of nitrogens with zero attached hydrogens (tertiary/aromatic N) is 2. The Hall–Kier alpha value is -1.09. The highest BCUT2D eigenvalue weighted by Gasteiger charge is 2.04. The van der Waals surface area contributed by atoms with E-state index in [1.54, 1.807) is 0 Å². The smallest absolute Gasteiger partial charge is 0.166 e. The molecule has 0 saturated carbocycles. The van der Waals surface area contributed by atoms with Gasteiger partial charge in [0.15, 0.2) is 6.29 Å². The van der Waals surface area contributed by atoms with Gasteiger partial charge in [0, 0.05) is 25.3 Å². The fraction of sp³-hybridized carbons (Fsp3) is 0.545. The highest BCUT2D eigenvalue weighted by molar-refractivity contribution is 5.72. The van der Waals surface area contributed by atoms with E-state index in [2.05, 4.69) is 25.8 Å². The summed E-state index contributed by atoms with van der Waals surface area (Å²) in [5.41, 5.74) is 0.752. The second-order valence-corrected chi connectivity index (χ2v) is 3.82. The second-order valence-electron chi connectivity index (χ2n) is 3.82. The Labute approximate surface area is 85.3 Å². The van der Waals surface area contributed by atoms with E-state index >= 15 is 0 Å². The molecule has 0 saturated heterocycles. The Bertz CT molecular complexity index is 291. The van der Waals surface area contributed by atoms with Gasteiger partial charge in [0.25, 0.3) is 0 Å². The number of likely N-dealkylation sites (N-methyl/N-ethyl adjacent to an activating group) is 1. The normalized spacial score (nSPS) is 11.2. The van der Waals surface area contributed by atoms with Gasteiger partial charge < -0.3 is 9.47 Å². The molecule has 0 aliphatic heterocycles. The van der Waals surface area contributed by atoms with Crippen LogP contribution < -0.4 is 0 Å². The van der Waals surface area contributed by atoms with Crippen molar-refractivity contribution in [3.05, 3.63) is 24.0 Å². The van der Waals surface area contributed by atoms with Gasteiger partial charge in [-0.15, -0.1) is 0 Å². The molecule has 0 aliphatic carbocycles. The minimum Gasteiger partial charge on any atom is -0.344 e. The van der Waals surface area contributed by atoms with E-state index in [0.717, 1.165) is 25.1 Å². The molecular weight excluding hydrogens is 176 g/mol. The van der Waals surface area contributed by atoms with E-state index in [0.29, 0.717) is 6.04 Å². The summed E-state index contributed by atoms with van der Waals surface area (Å²) in [6, 6.07) is 4.28. The maximum Gasteiger partial charge on any atom is 0.166 e. The Balaban J connectivity index is 2.49. The number of carbonyl (C=O) groups excluding carboxylic acids is 1. The van der Waals surface area contributed by atoms with E-state index in [-0.39, 0.29) is 0 Å². The molecule has 0 bridgehead atoms. The summed E-state index contributed by atoms with van der Waals surface area (Å²) in [4.78, 5) is 12.9. The lowest BCUT2D eigenvalue weighted by Crippen LogP contribution is -2.29. The largest absolute Gasteiger partial charge is 0.344 e. The van der Waals surface area contributed by atoms with Crippen molar-refractivity contribution in [2.45, 2.75) is 26.4 Å². The fourth-order valence-electron chi connectivity index (χ4n) is 1.26. The lowest BCUT2D eigenvalue weighted by atomic mass is 10.3. The van der Waals surface area contributed by atoms with Crippen LogP contribution in [0.5, 0.6) is 0 Å². The van der Waals surface area contributed by atoms with E-state index < -0.39 is 0 Å². The highest BCUT2D eigenvalue weighted by atomic mass is 16.1. The molecule has 3 heteroatoms. The molecule has 14 heavy (non-hydrogen) atoms. The van der Waals surface area contributed by atoms with Crippen molar-refractivity contribution < 1.29 is 4.79 Å². The fourth-order valence-corrected chi connectivity index (χ4v) is 1.26.